The summed E-state index contributed by atoms with van der Waals surface area (Å²) in [7, 11) is 0. The zero-order chi connectivity index (χ0) is 11.2. The summed E-state index contributed by atoms with van der Waals surface area (Å²) in [6.45, 7) is 1.54. The van der Waals surface area contributed by atoms with Crippen molar-refractivity contribution in [1.29, 1.82) is 0 Å². The van der Waals surface area contributed by atoms with Gasteiger partial charge < -0.3 is 4.74 Å². The SMILES string of the molecule is CC(=O)OC12CC=C3CCCCC3CC1C2. The normalized spacial score (nSPS) is 41.2. The van der Waals surface area contributed by atoms with Gasteiger partial charge in [-0.3, -0.25) is 4.79 Å². The minimum atomic E-state index is -0.106. The van der Waals surface area contributed by atoms with Crippen LogP contribution in [0, 0.1) is 11.8 Å². The van der Waals surface area contributed by atoms with E-state index in [0.29, 0.717) is 5.92 Å². The summed E-state index contributed by atoms with van der Waals surface area (Å²) >= 11 is 0. The number of esters is 1. The first-order valence-electron chi connectivity index (χ1n) is 6.58. The Balaban J connectivity index is 1.76. The molecule has 0 aliphatic heterocycles. The number of carbonyl (C=O) groups excluding carboxylic acids is 1. The first kappa shape index (κ1) is 10.4. The molecule has 3 aliphatic rings. The second-order valence-corrected chi connectivity index (χ2v) is 5.72. The quantitative estimate of drug-likeness (QED) is 0.501. The number of hydrogen-bond acceptors (Lipinski definition) is 2. The fourth-order valence-corrected chi connectivity index (χ4v) is 3.65. The molecule has 88 valence electrons. The standard InChI is InChI=1S/C14H20O2/c1-10(15)16-14-7-6-11-4-2-3-5-12(11)8-13(14)9-14/h6,12-13H,2-5,7-9H2,1H3. The molecule has 0 N–H and O–H groups in total. The van der Waals surface area contributed by atoms with E-state index in [-0.39, 0.29) is 11.6 Å². The van der Waals surface area contributed by atoms with E-state index in [1.165, 1.54) is 39.0 Å². The average Bonchev–Trinajstić information content (AvgIpc) is 2.89. The Hall–Kier alpha value is -0.790. The predicted molar refractivity (Wildman–Crippen MR) is 61.9 cm³/mol. The summed E-state index contributed by atoms with van der Waals surface area (Å²) < 4.78 is 5.56. The van der Waals surface area contributed by atoms with Crippen LogP contribution in [0.3, 0.4) is 0 Å². The van der Waals surface area contributed by atoms with Gasteiger partial charge in [-0.1, -0.05) is 18.1 Å². The molecule has 2 nitrogen and oxygen atoms in total. The van der Waals surface area contributed by atoms with Crippen molar-refractivity contribution in [1.82, 2.24) is 0 Å². The molecular formula is C14H20O2. The van der Waals surface area contributed by atoms with Crippen LogP contribution in [-0.4, -0.2) is 11.6 Å². The highest BCUT2D eigenvalue weighted by atomic mass is 16.6. The summed E-state index contributed by atoms with van der Waals surface area (Å²) in [5.41, 5.74) is 1.57. The number of rotatable bonds is 1. The molecule has 2 heteroatoms. The van der Waals surface area contributed by atoms with Crippen LogP contribution in [-0.2, 0) is 9.53 Å². The van der Waals surface area contributed by atoms with Gasteiger partial charge in [0.05, 0.1) is 0 Å². The second kappa shape index (κ2) is 3.61. The monoisotopic (exact) mass is 220 g/mol. The van der Waals surface area contributed by atoms with Crippen molar-refractivity contribution in [2.24, 2.45) is 11.8 Å². The molecule has 2 saturated carbocycles. The number of allylic oxidation sites excluding steroid dienone is 1. The van der Waals surface area contributed by atoms with Gasteiger partial charge in [0.1, 0.15) is 5.60 Å². The minimum Gasteiger partial charge on any atom is -0.459 e. The maximum atomic E-state index is 11.1. The molecule has 16 heavy (non-hydrogen) atoms. The average molecular weight is 220 g/mol. The third-order valence-corrected chi connectivity index (χ3v) is 4.59. The molecule has 3 aliphatic carbocycles. The topological polar surface area (TPSA) is 26.3 Å². The summed E-state index contributed by atoms with van der Waals surface area (Å²) in [4.78, 5) is 11.1. The molecule has 0 radical (unpaired) electrons. The predicted octanol–water partition coefficient (Wildman–Crippen LogP) is 3.22. The van der Waals surface area contributed by atoms with E-state index in [0.717, 1.165) is 18.8 Å². The lowest BCUT2D eigenvalue weighted by Gasteiger charge is -2.24. The minimum absolute atomic E-state index is 0.0871. The second-order valence-electron chi connectivity index (χ2n) is 5.72. The van der Waals surface area contributed by atoms with Crippen LogP contribution in [0.1, 0.15) is 51.9 Å². The van der Waals surface area contributed by atoms with Gasteiger partial charge in [-0.05, 0) is 38.0 Å². The van der Waals surface area contributed by atoms with Gasteiger partial charge in [0.15, 0.2) is 0 Å². The van der Waals surface area contributed by atoms with Crippen molar-refractivity contribution < 1.29 is 9.53 Å². The van der Waals surface area contributed by atoms with E-state index in [9.17, 15) is 4.79 Å². The summed E-state index contributed by atoms with van der Waals surface area (Å²) in [6.07, 6.45) is 11.1. The summed E-state index contributed by atoms with van der Waals surface area (Å²) in [5, 5.41) is 0. The van der Waals surface area contributed by atoms with Crippen LogP contribution < -0.4 is 0 Å². The van der Waals surface area contributed by atoms with Crippen LogP contribution >= 0.6 is 0 Å². The smallest absolute Gasteiger partial charge is 0.303 e. The molecule has 0 spiro atoms. The highest BCUT2D eigenvalue weighted by Gasteiger charge is 2.58. The van der Waals surface area contributed by atoms with E-state index in [4.69, 9.17) is 4.74 Å². The van der Waals surface area contributed by atoms with Gasteiger partial charge in [-0.25, -0.2) is 0 Å². The molecule has 2 fully saturated rings. The maximum Gasteiger partial charge on any atom is 0.303 e. The van der Waals surface area contributed by atoms with E-state index < -0.39 is 0 Å². The zero-order valence-corrected chi connectivity index (χ0v) is 10.00. The molecule has 3 atom stereocenters. The largest absolute Gasteiger partial charge is 0.459 e. The molecule has 0 aromatic carbocycles. The maximum absolute atomic E-state index is 11.1. The molecule has 0 aromatic heterocycles. The third kappa shape index (κ3) is 1.68. The molecule has 0 bridgehead atoms. The van der Waals surface area contributed by atoms with Gasteiger partial charge in [0, 0.05) is 19.3 Å². The molecule has 0 saturated heterocycles. The molecule has 0 aromatic rings. The van der Waals surface area contributed by atoms with Gasteiger partial charge in [0.2, 0.25) is 0 Å². The van der Waals surface area contributed by atoms with Crippen LogP contribution in [0.25, 0.3) is 0 Å². The van der Waals surface area contributed by atoms with Crippen LogP contribution in [0.2, 0.25) is 0 Å². The van der Waals surface area contributed by atoms with Gasteiger partial charge in [0.25, 0.3) is 0 Å². The number of carbonyl (C=O) groups is 1. The first-order valence-corrected chi connectivity index (χ1v) is 6.58. The van der Waals surface area contributed by atoms with Crippen LogP contribution in [0.15, 0.2) is 11.6 Å². The molecular weight excluding hydrogens is 200 g/mol. The van der Waals surface area contributed by atoms with Crippen LogP contribution in [0.5, 0.6) is 0 Å². The Morgan fingerprint density at radius 3 is 3.19 bits per heavy atom. The fourth-order valence-electron chi connectivity index (χ4n) is 3.65. The van der Waals surface area contributed by atoms with Crippen molar-refractivity contribution in [3.8, 4) is 0 Å². The number of hydrogen-bond donors (Lipinski definition) is 0. The Bertz CT molecular complexity index is 345. The van der Waals surface area contributed by atoms with Gasteiger partial charge in [-0.15, -0.1) is 0 Å². The first-order chi connectivity index (χ1) is 7.70. The molecule has 3 unspecified atom stereocenters. The number of ether oxygens (including phenoxy) is 1. The Labute approximate surface area is 97.1 Å². The van der Waals surface area contributed by atoms with Gasteiger partial charge >= 0.3 is 5.97 Å². The zero-order valence-electron chi connectivity index (χ0n) is 10.00. The highest BCUT2D eigenvalue weighted by Crippen LogP contribution is 2.57. The summed E-state index contributed by atoms with van der Waals surface area (Å²) in [5.74, 6) is 1.35. The Kier molecular flexibility index (Phi) is 2.34. The van der Waals surface area contributed by atoms with Crippen molar-refractivity contribution >= 4 is 5.97 Å². The molecule has 0 heterocycles. The van der Waals surface area contributed by atoms with Crippen molar-refractivity contribution in [3.05, 3.63) is 11.6 Å². The van der Waals surface area contributed by atoms with Gasteiger partial charge in [-0.2, -0.15) is 0 Å². The Morgan fingerprint density at radius 1 is 1.50 bits per heavy atom. The lowest BCUT2D eigenvalue weighted by atomic mass is 9.81. The van der Waals surface area contributed by atoms with Crippen molar-refractivity contribution in [2.45, 2.75) is 57.5 Å². The van der Waals surface area contributed by atoms with E-state index in [2.05, 4.69) is 6.08 Å². The fraction of sp³-hybridized carbons (Fsp3) is 0.786. The number of fused-ring (bicyclic) bond motifs is 2. The summed E-state index contributed by atoms with van der Waals surface area (Å²) in [6, 6.07) is 0. The van der Waals surface area contributed by atoms with E-state index in [1.807, 2.05) is 0 Å². The lowest BCUT2D eigenvalue weighted by Crippen LogP contribution is -2.19. The van der Waals surface area contributed by atoms with E-state index >= 15 is 0 Å². The third-order valence-electron chi connectivity index (χ3n) is 4.59. The molecule has 0 amide bonds. The Morgan fingerprint density at radius 2 is 2.38 bits per heavy atom. The van der Waals surface area contributed by atoms with Crippen molar-refractivity contribution in [3.63, 3.8) is 0 Å². The van der Waals surface area contributed by atoms with Crippen molar-refractivity contribution in [2.75, 3.05) is 0 Å². The van der Waals surface area contributed by atoms with Crippen LogP contribution in [0.4, 0.5) is 0 Å². The lowest BCUT2D eigenvalue weighted by molar-refractivity contribution is -0.149. The highest BCUT2D eigenvalue weighted by molar-refractivity contribution is 5.67. The van der Waals surface area contributed by atoms with E-state index in [1.54, 1.807) is 5.57 Å². The molecule has 3 rings (SSSR count).